The van der Waals surface area contributed by atoms with E-state index in [-0.39, 0.29) is 146 Å². The van der Waals surface area contributed by atoms with Gasteiger partial charge < -0.3 is 71.3 Å². The molecular weight excluding hydrogens is 2420 g/mol. The molecule has 1 unspecified atom stereocenters. The zero-order valence-electron chi connectivity index (χ0n) is 72.3. The Morgan fingerprint density at radius 2 is 0.729 bits per heavy atom. The van der Waals surface area contributed by atoms with Gasteiger partial charge in [0.2, 0.25) is 5.78 Å². The van der Waals surface area contributed by atoms with Crippen molar-refractivity contribution < 1.29 is 129 Å². The number of carbonyl (C=O) groups is 12. The molecular formula is C99H89ClI6O27. The lowest BCUT2D eigenvalue weighted by Crippen LogP contribution is -2.14. The van der Waals surface area contributed by atoms with Crippen LogP contribution < -0.4 is 0 Å². The number of carbonyl (C=O) groups excluding carboxylic acids is 11. The number of alkyl halides is 1. The number of Topliss-reactive ketones (excluding diaryl/α,β-unsaturated/α-hetero) is 2. The van der Waals surface area contributed by atoms with Gasteiger partial charge in [0.15, 0.2) is 35.2 Å². The van der Waals surface area contributed by atoms with Gasteiger partial charge >= 0.3 is 35.8 Å². The molecule has 27 nitrogen and oxygen atoms in total. The van der Waals surface area contributed by atoms with Crippen LogP contribution >= 0.6 is 147 Å². The molecule has 0 spiro atoms. The van der Waals surface area contributed by atoms with E-state index >= 15 is 0 Å². The summed E-state index contributed by atoms with van der Waals surface area (Å²) in [7, 11) is 0. The highest BCUT2D eigenvalue weighted by Gasteiger charge is 2.29. The zero-order chi connectivity index (χ0) is 97.1. The molecule has 0 saturated carbocycles. The molecule has 133 heavy (non-hydrogen) atoms. The number of aromatic hydroxyl groups is 4. The molecule has 0 aliphatic carbocycles. The number of ether oxygens (including phenoxy) is 5. The summed E-state index contributed by atoms with van der Waals surface area (Å²) in [5.41, 5.74) is 6.22. The van der Waals surface area contributed by atoms with Gasteiger partial charge in [0.05, 0.1) is 108 Å². The number of phenolic OH excluding ortho intramolecular Hbond substituents is 4. The topological polar surface area (TPSA) is 418 Å². The van der Waals surface area contributed by atoms with Crippen LogP contribution in [0.2, 0.25) is 0 Å². The summed E-state index contributed by atoms with van der Waals surface area (Å²) in [5, 5.41) is 51.7. The zero-order valence-corrected chi connectivity index (χ0v) is 86.0. The fourth-order valence-electron chi connectivity index (χ4n) is 12.5. The number of fused-ring (bicyclic) bond motifs is 5. The van der Waals surface area contributed by atoms with Crippen molar-refractivity contribution in [2.45, 2.75) is 118 Å². The van der Waals surface area contributed by atoms with Crippen molar-refractivity contribution >= 4 is 273 Å². The molecule has 0 aliphatic heterocycles. The van der Waals surface area contributed by atoms with E-state index in [0.717, 1.165) is 28.5 Å². The number of hydrogen-bond acceptors (Lipinski definition) is 26. The van der Waals surface area contributed by atoms with Crippen LogP contribution in [0, 0.1) is 21.4 Å². The number of rotatable bonds is 31. The van der Waals surface area contributed by atoms with E-state index in [0.29, 0.717) is 155 Å². The lowest BCUT2D eigenvalue weighted by atomic mass is 9.98. The van der Waals surface area contributed by atoms with Gasteiger partial charge in [-0.15, -0.1) is 11.6 Å². The van der Waals surface area contributed by atoms with Gasteiger partial charge in [-0.05, 0) is 268 Å². The fraction of sp³-hybridized carbons (Fsp3) is 0.232. The number of para-hydroxylation sites is 6. The normalized spacial score (nSPS) is 10.8. The number of aldehydes is 1. The molecule has 696 valence electrons. The Kier molecular flexibility index (Phi) is 43.8. The summed E-state index contributed by atoms with van der Waals surface area (Å²) >= 11 is 17.1. The van der Waals surface area contributed by atoms with E-state index < -0.39 is 17.9 Å². The average Bonchev–Trinajstić information content (AvgIpc) is 1.65. The molecule has 14 aromatic rings. The van der Waals surface area contributed by atoms with Crippen LogP contribution in [-0.2, 0) is 82.9 Å². The van der Waals surface area contributed by atoms with Gasteiger partial charge in [-0.2, -0.15) is 0 Å². The van der Waals surface area contributed by atoms with E-state index in [9.17, 15) is 72.9 Å². The molecule has 0 amide bonds. The van der Waals surface area contributed by atoms with E-state index in [1.54, 1.807) is 131 Å². The largest absolute Gasteiger partial charge is 0.507 e. The average molecular weight is 2510 g/mol. The minimum Gasteiger partial charge on any atom is -0.507 e. The maximum Gasteiger partial charge on any atom is 0.313 e. The number of aryl methyl sites for hydroxylation is 4. The van der Waals surface area contributed by atoms with Crippen molar-refractivity contribution in [2.75, 3.05) is 32.3 Å². The highest BCUT2D eigenvalue weighted by atomic mass is 127. The Morgan fingerprint density at radius 1 is 0.391 bits per heavy atom. The molecule has 5 aromatic heterocycles. The van der Waals surface area contributed by atoms with Crippen LogP contribution in [0.1, 0.15) is 178 Å². The number of halogens is 7. The lowest BCUT2D eigenvalue weighted by Gasteiger charge is -2.10. The Morgan fingerprint density at radius 3 is 1.09 bits per heavy atom. The third-order valence-corrected chi connectivity index (χ3v) is 24.2. The van der Waals surface area contributed by atoms with Crippen LogP contribution in [0.3, 0.4) is 0 Å². The first kappa shape index (κ1) is 108. The second-order valence-electron chi connectivity index (χ2n) is 28.4. The highest BCUT2D eigenvalue weighted by molar-refractivity contribution is 14.1. The Bertz CT molecular complexity index is 6380. The number of carboxylic acid groups (broad SMARTS) is 1. The standard InChI is InChI=1S/C22H20I2O5.C20H16I2O5.C18H12I2O5.C13H12O4.C13H14O3.C7H6O2.C6H9ClO3/c1-3-12(2)28-19(25)9-8-18-20(14-6-4-5-7-17(14)29-18)21(26)13-10-15(23)22(27)16(24)11-13;1-2-26-17(23)8-7-16-18(12-5-3-4-6-15(12)27-16)19(24)11-9-13(21)20(25)14(22)10-11;19-11-7-9(8-12(20)18(11)24)17(23)16-10-3-1-2-4-13(10)25-14(16)5-6-15(21)22;1-2-16-13(15)8-10(14)12-7-9-5-3-4-6-11(9)17-12;1-2-15-13(14)8-7-11-9-10-5-3-4-6-12(10)16-11;8-5-6-3-1-2-4-7(6)9;1-2-10-6(9)3-5(8)4-7/h4-7,10-12,27H,3,8-9H2,1-2H3;3-6,9-10,25H,2,7-8H2,1H3;1-4,7-8,24H,5-6H2,(H,21,22);3-7H,2,8H2,1H3;3-6,9H,2,7-8H2,1H3;1-5,9H;2-4H2,1H3. The predicted octanol–water partition coefficient (Wildman–Crippen LogP) is 23.0. The van der Waals surface area contributed by atoms with E-state index in [1.807, 2.05) is 234 Å². The van der Waals surface area contributed by atoms with Crippen LogP contribution in [-0.4, -0.2) is 135 Å². The van der Waals surface area contributed by atoms with E-state index in [4.69, 9.17) is 62.8 Å². The Labute approximate surface area is 849 Å². The van der Waals surface area contributed by atoms with Gasteiger partial charge in [-0.3, -0.25) is 57.5 Å². The third-order valence-electron chi connectivity index (χ3n) is 18.9. The van der Waals surface area contributed by atoms with Gasteiger partial charge in [-0.25, -0.2) is 0 Å². The molecule has 0 bridgehead atoms. The summed E-state index contributed by atoms with van der Waals surface area (Å²) in [4.78, 5) is 140. The maximum atomic E-state index is 13.4. The molecule has 1 atom stereocenters. The minimum absolute atomic E-state index is 0.0347. The lowest BCUT2D eigenvalue weighted by molar-refractivity contribution is -0.148. The summed E-state index contributed by atoms with van der Waals surface area (Å²) in [6.45, 7) is 12.1. The van der Waals surface area contributed by atoms with Crippen molar-refractivity contribution in [3.63, 3.8) is 0 Å². The van der Waals surface area contributed by atoms with Crippen LogP contribution in [0.5, 0.6) is 23.0 Å². The number of aliphatic carboxylic acids is 1. The molecule has 0 radical (unpaired) electrons. The second-order valence-corrected chi connectivity index (χ2v) is 35.6. The van der Waals surface area contributed by atoms with Crippen molar-refractivity contribution in [2.24, 2.45) is 0 Å². The fourth-order valence-corrected chi connectivity index (χ4v) is 17.9. The number of carboxylic acids is 1. The second kappa shape index (κ2) is 54.1. The van der Waals surface area contributed by atoms with Gasteiger partial charge in [0.1, 0.15) is 86.8 Å². The predicted molar refractivity (Wildman–Crippen MR) is 548 cm³/mol. The monoisotopic (exact) mass is 2510 g/mol. The summed E-state index contributed by atoms with van der Waals surface area (Å²) in [6.07, 6.45) is 2.54. The Hall–Kier alpha value is -10.6. The van der Waals surface area contributed by atoms with Crippen molar-refractivity contribution in [1.82, 2.24) is 0 Å². The summed E-state index contributed by atoms with van der Waals surface area (Å²) < 4.78 is 56.4. The minimum atomic E-state index is -0.951. The van der Waals surface area contributed by atoms with Gasteiger partial charge in [0, 0.05) is 69.3 Å². The van der Waals surface area contributed by atoms with Crippen LogP contribution in [0.4, 0.5) is 0 Å². The molecule has 34 heteroatoms. The van der Waals surface area contributed by atoms with Gasteiger partial charge in [0.25, 0.3) is 0 Å². The first-order valence-electron chi connectivity index (χ1n) is 41.2. The first-order valence-corrected chi connectivity index (χ1v) is 48.2. The third kappa shape index (κ3) is 31.8. The molecule has 5 N–H and O–H groups in total. The van der Waals surface area contributed by atoms with E-state index in [2.05, 4.69) is 4.74 Å². The number of furan rings is 5. The maximum absolute atomic E-state index is 13.4. The number of benzene rings is 9. The Balaban J connectivity index is 0.000000197. The molecule has 5 heterocycles. The van der Waals surface area contributed by atoms with Gasteiger partial charge in [-0.1, -0.05) is 110 Å². The van der Waals surface area contributed by atoms with Crippen molar-refractivity contribution in [3.8, 4) is 23.0 Å². The summed E-state index contributed by atoms with van der Waals surface area (Å²) in [5.74, 6) is -1.43. The number of phenols is 4. The molecule has 9 aromatic carbocycles. The molecule has 0 fully saturated rings. The van der Waals surface area contributed by atoms with Crippen LogP contribution in [0.15, 0.2) is 216 Å². The molecule has 14 rings (SSSR count). The van der Waals surface area contributed by atoms with Crippen molar-refractivity contribution in [1.29, 1.82) is 0 Å². The van der Waals surface area contributed by atoms with E-state index in [1.165, 1.54) is 6.07 Å². The quantitative estimate of drug-likeness (QED) is 0.00512. The molecule has 0 saturated heterocycles. The van der Waals surface area contributed by atoms with Crippen molar-refractivity contribution in [3.05, 3.63) is 283 Å². The number of ketones is 5. The molecule has 0 aliphatic rings. The first-order chi connectivity index (χ1) is 63.6. The van der Waals surface area contributed by atoms with Crippen LogP contribution in [0.25, 0.3) is 54.8 Å². The number of esters is 5. The summed E-state index contributed by atoms with van der Waals surface area (Å²) in [6, 6.07) is 56.7. The smallest absolute Gasteiger partial charge is 0.313 e. The highest BCUT2D eigenvalue weighted by Crippen LogP contribution is 2.38. The number of hydrogen-bond donors (Lipinski definition) is 5. The SMILES string of the molecule is CCC(C)OC(=O)CCc1oc2ccccc2c1C(=O)c1cc(I)c(O)c(I)c1.CCOC(=O)CC(=O)CCl.CCOC(=O)CC(=O)c1cc2ccccc2o1.CCOC(=O)CCc1cc2ccccc2o1.CCOC(=O)CCc1oc2ccccc2c1C(=O)c1cc(I)c(O)c(I)c1.O=C(O)CCc1oc2ccccc2c1C(=O)c1cc(I)c(O)c(I)c1.O=Cc1ccccc1O.